The van der Waals surface area contributed by atoms with Crippen molar-refractivity contribution in [3.05, 3.63) is 28.8 Å². The molecule has 0 aliphatic rings. The molecule has 82 valence electrons. The lowest BCUT2D eigenvalue weighted by Crippen LogP contribution is -2.09. The Morgan fingerprint density at radius 1 is 1.25 bits per heavy atom. The van der Waals surface area contributed by atoms with Gasteiger partial charge in [0, 0.05) is 5.56 Å². The van der Waals surface area contributed by atoms with Crippen LogP contribution in [0.1, 0.15) is 16.7 Å². The molecule has 0 amide bonds. The van der Waals surface area contributed by atoms with E-state index in [1.807, 2.05) is 0 Å². The van der Waals surface area contributed by atoms with Crippen LogP contribution in [0.5, 0.6) is 5.75 Å². The Balaban J connectivity index is 3.52. The lowest BCUT2D eigenvalue weighted by atomic mass is 9.98. The minimum absolute atomic E-state index is 0.292. The second-order valence-electron chi connectivity index (χ2n) is 2.93. The molecule has 1 rings (SSSR count). The number of aromatic hydroxyl groups is 1. The largest absolute Gasteiger partial charge is 0.508 e. The molecule has 1 aromatic carbocycles. The summed E-state index contributed by atoms with van der Waals surface area (Å²) in [7, 11) is 0. The second kappa shape index (κ2) is 4.11. The number of nitriles is 2. The van der Waals surface area contributed by atoms with Crippen molar-refractivity contribution in [3.8, 4) is 17.9 Å². The summed E-state index contributed by atoms with van der Waals surface area (Å²) in [6, 6.07) is 4.41. The number of hydrogen-bond acceptors (Lipinski definition) is 3. The molecule has 0 saturated heterocycles. The monoisotopic (exact) mass is 226 g/mol. The van der Waals surface area contributed by atoms with Gasteiger partial charge in [-0.15, -0.1) is 0 Å². The predicted octanol–water partition coefficient (Wildman–Crippen LogP) is 2.35. The summed E-state index contributed by atoms with van der Waals surface area (Å²) in [5.41, 5.74) is -2.13. The summed E-state index contributed by atoms with van der Waals surface area (Å²) in [6.45, 7) is 0. The fourth-order valence-corrected chi connectivity index (χ4v) is 1.26. The number of halogens is 3. The van der Waals surface area contributed by atoms with Crippen molar-refractivity contribution < 1.29 is 18.3 Å². The van der Waals surface area contributed by atoms with Gasteiger partial charge < -0.3 is 5.11 Å². The van der Waals surface area contributed by atoms with E-state index in [0.717, 1.165) is 6.07 Å². The second-order valence-corrected chi connectivity index (χ2v) is 2.93. The number of phenolic OH excluding ortho intramolecular Hbond substituents is 1. The maximum Gasteiger partial charge on any atom is 0.417 e. The third kappa shape index (κ3) is 2.06. The highest BCUT2D eigenvalue weighted by Crippen LogP contribution is 2.36. The molecule has 0 fully saturated rings. The highest BCUT2D eigenvalue weighted by atomic mass is 19.4. The van der Waals surface area contributed by atoms with Crippen molar-refractivity contribution in [3.63, 3.8) is 0 Å². The fraction of sp³-hybridized carbons (Fsp3) is 0.200. The molecule has 16 heavy (non-hydrogen) atoms. The number of rotatable bonds is 1. The van der Waals surface area contributed by atoms with Crippen molar-refractivity contribution >= 4 is 0 Å². The number of phenols is 1. The van der Waals surface area contributed by atoms with Gasteiger partial charge in [-0.25, -0.2) is 0 Å². The molecule has 0 aromatic heterocycles. The standard InChI is InChI=1S/C10H5F3N2O/c11-10(12,13)8-1-2-9(16)6(3-4-14)7(8)5-15/h1-2,16H,3H2. The Bertz CT molecular complexity index is 495. The van der Waals surface area contributed by atoms with E-state index >= 15 is 0 Å². The number of alkyl halides is 3. The van der Waals surface area contributed by atoms with Gasteiger partial charge in [0.1, 0.15) is 11.8 Å². The van der Waals surface area contributed by atoms with Crippen molar-refractivity contribution in [1.82, 2.24) is 0 Å². The maximum absolute atomic E-state index is 12.5. The van der Waals surface area contributed by atoms with Crippen LogP contribution in [0, 0.1) is 22.7 Å². The Hall–Kier alpha value is -2.21. The highest BCUT2D eigenvalue weighted by molar-refractivity contribution is 5.53. The maximum atomic E-state index is 12.5. The van der Waals surface area contributed by atoms with Gasteiger partial charge in [0.05, 0.1) is 23.6 Å². The van der Waals surface area contributed by atoms with E-state index in [4.69, 9.17) is 10.5 Å². The molecule has 6 heteroatoms. The van der Waals surface area contributed by atoms with E-state index in [1.165, 1.54) is 6.07 Å². The molecular weight excluding hydrogens is 221 g/mol. The van der Waals surface area contributed by atoms with E-state index in [2.05, 4.69) is 0 Å². The molecule has 1 aromatic rings. The molecule has 0 unspecified atom stereocenters. The third-order valence-corrected chi connectivity index (χ3v) is 1.96. The van der Waals surface area contributed by atoms with Crippen LogP contribution in [0.3, 0.4) is 0 Å². The topological polar surface area (TPSA) is 67.8 Å². The number of nitrogens with zero attached hydrogens (tertiary/aromatic N) is 2. The summed E-state index contributed by atoms with van der Waals surface area (Å²) in [6.07, 6.45) is -5.12. The summed E-state index contributed by atoms with van der Waals surface area (Å²) in [4.78, 5) is 0. The van der Waals surface area contributed by atoms with E-state index in [-0.39, 0.29) is 5.56 Å². The first-order valence-corrected chi connectivity index (χ1v) is 4.11. The fourth-order valence-electron chi connectivity index (χ4n) is 1.26. The summed E-state index contributed by atoms with van der Waals surface area (Å²) in [5, 5.41) is 26.3. The minimum atomic E-state index is -4.68. The molecule has 0 spiro atoms. The van der Waals surface area contributed by atoms with Crippen LogP contribution in [0.25, 0.3) is 0 Å². The molecule has 0 atom stereocenters. The van der Waals surface area contributed by atoms with E-state index in [9.17, 15) is 18.3 Å². The predicted molar refractivity (Wildman–Crippen MR) is 47.1 cm³/mol. The molecule has 0 bridgehead atoms. The zero-order valence-electron chi connectivity index (χ0n) is 7.84. The SMILES string of the molecule is N#CCc1c(O)ccc(C(F)(F)F)c1C#N. The van der Waals surface area contributed by atoms with Gasteiger partial charge in [0.2, 0.25) is 0 Å². The first-order chi connectivity index (χ1) is 7.41. The Morgan fingerprint density at radius 2 is 1.88 bits per heavy atom. The van der Waals surface area contributed by atoms with E-state index in [1.54, 1.807) is 6.07 Å². The van der Waals surface area contributed by atoms with E-state index < -0.39 is 29.5 Å². The van der Waals surface area contributed by atoms with Gasteiger partial charge >= 0.3 is 6.18 Å². The Morgan fingerprint density at radius 3 is 2.31 bits per heavy atom. The number of benzene rings is 1. The molecule has 0 saturated carbocycles. The van der Waals surface area contributed by atoms with Crippen LogP contribution in [-0.2, 0) is 12.6 Å². The average molecular weight is 226 g/mol. The molecule has 0 aliphatic heterocycles. The van der Waals surface area contributed by atoms with Crippen molar-refractivity contribution in [2.24, 2.45) is 0 Å². The molecular formula is C10H5F3N2O. The van der Waals surface area contributed by atoms with Gasteiger partial charge in [-0.2, -0.15) is 23.7 Å². The van der Waals surface area contributed by atoms with Crippen LogP contribution in [0.15, 0.2) is 12.1 Å². The molecule has 0 aliphatic carbocycles. The number of hydrogen-bond donors (Lipinski definition) is 1. The quantitative estimate of drug-likeness (QED) is 0.799. The average Bonchev–Trinajstić information content (AvgIpc) is 2.19. The van der Waals surface area contributed by atoms with Gasteiger partial charge in [0.15, 0.2) is 0 Å². The smallest absolute Gasteiger partial charge is 0.417 e. The normalized spacial score (nSPS) is 10.6. The van der Waals surface area contributed by atoms with Crippen molar-refractivity contribution in [2.45, 2.75) is 12.6 Å². The molecule has 3 nitrogen and oxygen atoms in total. The van der Waals surface area contributed by atoms with Crippen LogP contribution >= 0.6 is 0 Å². The van der Waals surface area contributed by atoms with Gasteiger partial charge in [-0.05, 0) is 12.1 Å². The third-order valence-electron chi connectivity index (χ3n) is 1.96. The van der Waals surface area contributed by atoms with Gasteiger partial charge in [-0.3, -0.25) is 0 Å². The van der Waals surface area contributed by atoms with Crippen LogP contribution in [-0.4, -0.2) is 5.11 Å². The first kappa shape index (κ1) is 11.9. The van der Waals surface area contributed by atoms with Crippen LogP contribution in [0.4, 0.5) is 13.2 Å². The molecule has 0 radical (unpaired) electrons. The lowest BCUT2D eigenvalue weighted by Gasteiger charge is -2.11. The minimum Gasteiger partial charge on any atom is -0.508 e. The molecule has 0 heterocycles. The first-order valence-electron chi connectivity index (χ1n) is 4.11. The van der Waals surface area contributed by atoms with Crippen molar-refractivity contribution in [1.29, 1.82) is 10.5 Å². The summed E-state index contributed by atoms with van der Waals surface area (Å²) in [5.74, 6) is -0.480. The highest BCUT2D eigenvalue weighted by Gasteiger charge is 2.35. The summed E-state index contributed by atoms with van der Waals surface area (Å²) < 4.78 is 37.4. The van der Waals surface area contributed by atoms with Crippen LogP contribution in [0.2, 0.25) is 0 Å². The zero-order valence-corrected chi connectivity index (χ0v) is 7.84. The molecule has 1 N–H and O–H groups in total. The van der Waals surface area contributed by atoms with E-state index in [0.29, 0.717) is 6.07 Å². The van der Waals surface area contributed by atoms with Gasteiger partial charge in [-0.1, -0.05) is 0 Å². The Labute approximate surface area is 89.0 Å². The summed E-state index contributed by atoms with van der Waals surface area (Å²) >= 11 is 0. The van der Waals surface area contributed by atoms with Crippen molar-refractivity contribution in [2.75, 3.05) is 0 Å². The Kier molecular flexibility index (Phi) is 3.05. The van der Waals surface area contributed by atoms with Crippen LogP contribution < -0.4 is 0 Å². The van der Waals surface area contributed by atoms with Gasteiger partial charge in [0.25, 0.3) is 0 Å². The zero-order chi connectivity index (χ0) is 12.3. The lowest BCUT2D eigenvalue weighted by molar-refractivity contribution is -0.137.